The SMILES string of the molecule is NC(=O)c1cccc(CNc2nccc(N3CC(Oc4ccc(F)c(Cl)c4)C3)n2)c1. The number of hydrogen-bond donors (Lipinski definition) is 2. The second kappa shape index (κ2) is 8.54. The number of halogens is 2. The van der Waals surface area contributed by atoms with E-state index in [0.29, 0.717) is 36.9 Å². The average Bonchev–Trinajstić information content (AvgIpc) is 2.72. The number of nitrogens with one attached hydrogen (secondary N) is 1. The molecule has 0 saturated carbocycles. The molecule has 1 aliphatic heterocycles. The van der Waals surface area contributed by atoms with Crippen molar-refractivity contribution in [3.05, 3.63) is 76.7 Å². The van der Waals surface area contributed by atoms with Gasteiger partial charge in [0, 0.05) is 24.4 Å². The Morgan fingerprint density at radius 2 is 2.10 bits per heavy atom. The highest BCUT2D eigenvalue weighted by Gasteiger charge is 2.30. The van der Waals surface area contributed by atoms with E-state index < -0.39 is 11.7 Å². The maximum absolute atomic E-state index is 13.2. The van der Waals surface area contributed by atoms with E-state index in [1.165, 1.54) is 12.1 Å². The van der Waals surface area contributed by atoms with Crippen LogP contribution in [0.2, 0.25) is 5.02 Å². The highest BCUT2D eigenvalue weighted by atomic mass is 35.5. The van der Waals surface area contributed by atoms with Crippen LogP contribution >= 0.6 is 11.6 Å². The Morgan fingerprint density at radius 3 is 2.87 bits per heavy atom. The molecule has 7 nitrogen and oxygen atoms in total. The first-order valence-electron chi connectivity index (χ1n) is 9.30. The van der Waals surface area contributed by atoms with E-state index in [0.717, 1.165) is 11.4 Å². The first-order valence-corrected chi connectivity index (χ1v) is 9.68. The summed E-state index contributed by atoms with van der Waals surface area (Å²) in [7, 11) is 0. The minimum Gasteiger partial charge on any atom is -0.487 e. The molecule has 0 bridgehead atoms. The Bertz CT molecular complexity index is 1070. The Hall–Kier alpha value is -3.39. The van der Waals surface area contributed by atoms with Crippen molar-refractivity contribution < 1.29 is 13.9 Å². The second-order valence-corrected chi connectivity index (χ2v) is 7.28. The van der Waals surface area contributed by atoms with Gasteiger partial charge in [-0.3, -0.25) is 4.79 Å². The molecule has 2 aromatic carbocycles. The summed E-state index contributed by atoms with van der Waals surface area (Å²) in [5.74, 6) is 0.852. The minimum atomic E-state index is -0.471. The van der Waals surface area contributed by atoms with Gasteiger partial charge in [0.05, 0.1) is 18.1 Å². The van der Waals surface area contributed by atoms with Crippen LogP contribution in [0.3, 0.4) is 0 Å². The molecule has 0 spiro atoms. The lowest BCUT2D eigenvalue weighted by Crippen LogP contribution is -2.54. The molecule has 3 aromatic rings. The monoisotopic (exact) mass is 427 g/mol. The summed E-state index contributed by atoms with van der Waals surface area (Å²) in [5, 5.41) is 3.19. The number of carbonyl (C=O) groups is 1. The van der Waals surface area contributed by atoms with E-state index in [1.807, 2.05) is 12.1 Å². The highest BCUT2D eigenvalue weighted by molar-refractivity contribution is 6.30. The lowest BCUT2D eigenvalue weighted by Gasteiger charge is -2.39. The molecule has 0 atom stereocenters. The molecule has 1 saturated heterocycles. The number of nitrogens with two attached hydrogens (primary N) is 1. The third-order valence-corrected chi connectivity index (χ3v) is 4.96. The summed E-state index contributed by atoms with van der Waals surface area (Å²) in [6.07, 6.45) is 1.65. The van der Waals surface area contributed by atoms with Crippen LogP contribution in [-0.2, 0) is 6.54 Å². The Balaban J connectivity index is 1.32. The van der Waals surface area contributed by atoms with Crippen LogP contribution in [0.25, 0.3) is 0 Å². The van der Waals surface area contributed by atoms with Gasteiger partial charge in [-0.1, -0.05) is 23.7 Å². The van der Waals surface area contributed by atoms with Gasteiger partial charge in [0.2, 0.25) is 11.9 Å². The number of primary amides is 1. The maximum Gasteiger partial charge on any atom is 0.248 e. The summed E-state index contributed by atoms with van der Waals surface area (Å²) in [5.41, 5.74) is 6.67. The summed E-state index contributed by atoms with van der Waals surface area (Å²) >= 11 is 5.79. The fourth-order valence-electron chi connectivity index (χ4n) is 3.07. The molecule has 1 amide bonds. The molecule has 154 valence electrons. The molecule has 0 aliphatic carbocycles. The van der Waals surface area contributed by atoms with E-state index >= 15 is 0 Å². The number of ether oxygens (including phenoxy) is 1. The molecule has 0 radical (unpaired) electrons. The highest BCUT2D eigenvalue weighted by Crippen LogP contribution is 2.26. The Labute approximate surface area is 177 Å². The van der Waals surface area contributed by atoms with Crippen molar-refractivity contribution in [2.75, 3.05) is 23.3 Å². The van der Waals surface area contributed by atoms with E-state index in [-0.39, 0.29) is 11.1 Å². The van der Waals surface area contributed by atoms with Gasteiger partial charge in [-0.2, -0.15) is 4.98 Å². The van der Waals surface area contributed by atoms with Crippen LogP contribution < -0.4 is 20.7 Å². The van der Waals surface area contributed by atoms with Crippen molar-refractivity contribution in [1.29, 1.82) is 0 Å². The molecular weight excluding hydrogens is 409 g/mol. The average molecular weight is 428 g/mol. The van der Waals surface area contributed by atoms with Crippen LogP contribution in [0.15, 0.2) is 54.7 Å². The minimum absolute atomic E-state index is 0.0329. The van der Waals surface area contributed by atoms with Crippen LogP contribution in [0, 0.1) is 5.82 Å². The fourth-order valence-corrected chi connectivity index (χ4v) is 3.24. The van der Waals surface area contributed by atoms with Gasteiger partial charge in [-0.05, 0) is 35.9 Å². The van der Waals surface area contributed by atoms with Crippen LogP contribution in [0.4, 0.5) is 16.2 Å². The van der Waals surface area contributed by atoms with Crippen molar-refractivity contribution in [3.63, 3.8) is 0 Å². The topological polar surface area (TPSA) is 93.4 Å². The molecule has 1 aliphatic rings. The number of anilines is 2. The van der Waals surface area contributed by atoms with Crippen molar-refractivity contribution >= 4 is 29.3 Å². The van der Waals surface area contributed by atoms with Crippen LogP contribution in [-0.4, -0.2) is 35.1 Å². The molecule has 30 heavy (non-hydrogen) atoms. The Morgan fingerprint density at radius 1 is 1.27 bits per heavy atom. The van der Waals surface area contributed by atoms with Crippen LogP contribution in [0.1, 0.15) is 15.9 Å². The lowest BCUT2D eigenvalue weighted by molar-refractivity contribution is 0.1000. The number of carbonyl (C=O) groups excluding carboxylic acids is 1. The van der Waals surface area contributed by atoms with Crippen molar-refractivity contribution in [2.24, 2.45) is 5.73 Å². The molecule has 9 heteroatoms. The number of amides is 1. The van der Waals surface area contributed by atoms with Gasteiger partial charge in [0.1, 0.15) is 23.5 Å². The first kappa shape index (κ1) is 19.9. The van der Waals surface area contributed by atoms with E-state index in [2.05, 4.69) is 20.2 Å². The number of rotatable bonds is 7. The van der Waals surface area contributed by atoms with E-state index in [4.69, 9.17) is 22.1 Å². The van der Waals surface area contributed by atoms with Gasteiger partial charge in [-0.25, -0.2) is 9.37 Å². The predicted molar refractivity (Wildman–Crippen MR) is 112 cm³/mol. The van der Waals surface area contributed by atoms with Gasteiger partial charge >= 0.3 is 0 Å². The van der Waals surface area contributed by atoms with E-state index in [9.17, 15) is 9.18 Å². The van der Waals surface area contributed by atoms with Gasteiger partial charge in [0.25, 0.3) is 0 Å². The smallest absolute Gasteiger partial charge is 0.248 e. The molecule has 4 rings (SSSR count). The normalized spacial score (nSPS) is 13.6. The summed E-state index contributed by atoms with van der Waals surface area (Å²) in [4.78, 5) is 22.1. The molecule has 3 N–H and O–H groups in total. The van der Waals surface area contributed by atoms with Gasteiger partial charge < -0.3 is 20.7 Å². The van der Waals surface area contributed by atoms with Gasteiger partial charge in [0.15, 0.2) is 0 Å². The zero-order chi connectivity index (χ0) is 21.1. The maximum atomic E-state index is 13.2. The Kier molecular flexibility index (Phi) is 5.67. The zero-order valence-electron chi connectivity index (χ0n) is 15.9. The molecule has 0 unspecified atom stereocenters. The zero-order valence-corrected chi connectivity index (χ0v) is 16.6. The number of hydrogen-bond acceptors (Lipinski definition) is 6. The number of aromatic nitrogens is 2. The summed E-state index contributed by atoms with van der Waals surface area (Å²) in [6, 6.07) is 13.2. The van der Waals surface area contributed by atoms with Crippen LogP contribution in [0.5, 0.6) is 5.75 Å². The van der Waals surface area contributed by atoms with E-state index in [1.54, 1.807) is 30.5 Å². The second-order valence-electron chi connectivity index (χ2n) is 6.88. The largest absolute Gasteiger partial charge is 0.487 e. The summed E-state index contributed by atoms with van der Waals surface area (Å²) < 4.78 is 19.1. The quantitative estimate of drug-likeness (QED) is 0.601. The third kappa shape index (κ3) is 4.60. The molecular formula is C21H19ClFN5O2. The lowest BCUT2D eigenvalue weighted by atomic mass is 10.1. The molecule has 1 aromatic heterocycles. The van der Waals surface area contributed by atoms with Gasteiger partial charge in [-0.15, -0.1) is 0 Å². The standard InChI is InChI=1S/C21H19ClFN5O2/c22-17-9-15(4-5-18(17)23)30-16-11-28(12-16)19-6-7-25-21(27-19)26-10-13-2-1-3-14(8-13)20(24)29/h1-9,16H,10-12H2,(H2,24,29)(H,25,26,27). The molecule has 2 heterocycles. The summed E-state index contributed by atoms with van der Waals surface area (Å²) in [6.45, 7) is 1.75. The van der Waals surface area contributed by atoms with Crippen molar-refractivity contribution in [2.45, 2.75) is 12.6 Å². The predicted octanol–water partition coefficient (Wildman–Crippen LogP) is 3.25. The third-order valence-electron chi connectivity index (χ3n) is 4.67. The van der Waals surface area contributed by atoms with Crippen molar-refractivity contribution in [3.8, 4) is 5.75 Å². The number of nitrogens with zero attached hydrogens (tertiary/aromatic N) is 3. The first-order chi connectivity index (χ1) is 14.5. The fraction of sp³-hybridized carbons (Fsp3) is 0.190. The molecule has 1 fully saturated rings. The van der Waals surface area contributed by atoms with Crippen molar-refractivity contribution in [1.82, 2.24) is 9.97 Å². The number of benzene rings is 2.